The fourth-order valence-corrected chi connectivity index (χ4v) is 3.96. The number of nitriles is 1. The fraction of sp³-hybridized carbons (Fsp3) is 0.333. The van der Waals surface area contributed by atoms with Gasteiger partial charge in [-0.15, -0.1) is 0 Å². The molecule has 1 saturated heterocycles. The first-order valence-corrected chi connectivity index (χ1v) is 8.99. The number of halogens is 2. The number of nitrogens with zero attached hydrogens (tertiary/aromatic N) is 2. The molecule has 0 N–H and O–H groups in total. The molecule has 1 heterocycles. The zero-order valence-electron chi connectivity index (χ0n) is 10.2. The molecular formula is C12H10BrClN2O3S. The lowest BCUT2D eigenvalue weighted by Crippen LogP contribution is -2.25. The fourth-order valence-electron chi connectivity index (χ4n) is 2.19. The van der Waals surface area contributed by atoms with E-state index in [9.17, 15) is 13.2 Å². The highest BCUT2D eigenvalue weighted by molar-refractivity contribution is 9.10. The van der Waals surface area contributed by atoms with Crippen LogP contribution in [0, 0.1) is 17.2 Å². The van der Waals surface area contributed by atoms with Gasteiger partial charge in [0.15, 0.2) is 0 Å². The molecule has 1 aromatic rings. The molecule has 1 fully saturated rings. The first kappa shape index (κ1) is 15.3. The Bertz CT molecular complexity index is 699. The molecule has 2 rings (SSSR count). The number of hydrogen-bond acceptors (Lipinski definition) is 4. The summed E-state index contributed by atoms with van der Waals surface area (Å²) >= 11 is 3.26. The van der Waals surface area contributed by atoms with E-state index in [1.54, 1.807) is 18.2 Å². The molecule has 1 aromatic carbocycles. The quantitative estimate of drug-likeness (QED) is 0.757. The molecule has 0 aromatic heterocycles. The third kappa shape index (κ3) is 3.51. The predicted molar refractivity (Wildman–Crippen MR) is 79.0 cm³/mol. The number of amides is 1. The molecule has 1 atom stereocenters. The Balaban J connectivity index is 2.20. The van der Waals surface area contributed by atoms with E-state index < -0.39 is 9.05 Å². The highest BCUT2D eigenvalue weighted by Crippen LogP contribution is 2.29. The Morgan fingerprint density at radius 1 is 1.50 bits per heavy atom. The molecule has 1 unspecified atom stereocenters. The van der Waals surface area contributed by atoms with Gasteiger partial charge >= 0.3 is 0 Å². The number of benzene rings is 1. The van der Waals surface area contributed by atoms with Gasteiger partial charge in [-0.25, -0.2) is 8.42 Å². The minimum Gasteiger partial charge on any atom is -0.312 e. The second-order valence-electron chi connectivity index (χ2n) is 4.56. The third-order valence-electron chi connectivity index (χ3n) is 3.02. The van der Waals surface area contributed by atoms with Crippen molar-refractivity contribution in [1.29, 1.82) is 5.26 Å². The molecule has 5 nitrogen and oxygen atoms in total. The smallest absolute Gasteiger partial charge is 0.232 e. The molecular weight excluding hydrogens is 368 g/mol. The van der Waals surface area contributed by atoms with Crippen LogP contribution < -0.4 is 4.90 Å². The number of carbonyl (C=O) groups is 1. The summed E-state index contributed by atoms with van der Waals surface area (Å²) in [6, 6.07) is 6.97. The zero-order valence-corrected chi connectivity index (χ0v) is 13.4. The maximum absolute atomic E-state index is 11.9. The van der Waals surface area contributed by atoms with Gasteiger partial charge in [-0.05, 0) is 34.1 Å². The van der Waals surface area contributed by atoms with Crippen molar-refractivity contribution in [2.75, 3.05) is 17.2 Å². The molecule has 1 amide bonds. The van der Waals surface area contributed by atoms with Crippen molar-refractivity contribution in [3.05, 3.63) is 28.2 Å². The maximum Gasteiger partial charge on any atom is 0.232 e. The molecule has 8 heteroatoms. The first-order valence-electron chi connectivity index (χ1n) is 5.72. The van der Waals surface area contributed by atoms with Gasteiger partial charge in [0, 0.05) is 39.7 Å². The van der Waals surface area contributed by atoms with Crippen LogP contribution in [0.4, 0.5) is 5.69 Å². The highest BCUT2D eigenvalue weighted by Gasteiger charge is 2.33. The van der Waals surface area contributed by atoms with Gasteiger partial charge in [0.2, 0.25) is 15.0 Å². The molecule has 106 valence electrons. The van der Waals surface area contributed by atoms with E-state index in [1.807, 2.05) is 6.07 Å². The summed E-state index contributed by atoms with van der Waals surface area (Å²) in [6.07, 6.45) is 0.156. The number of hydrogen-bond donors (Lipinski definition) is 0. The van der Waals surface area contributed by atoms with E-state index in [2.05, 4.69) is 15.9 Å². The topological polar surface area (TPSA) is 78.2 Å². The van der Waals surface area contributed by atoms with Gasteiger partial charge in [0.1, 0.15) is 6.07 Å². The van der Waals surface area contributed by atoms with Crippen LogP contribution in [-0.4, -0.2) is 26.6 Å². The number of rotatable bonds is 3. The van der Waals surface area contributed by atoms with Crippen LogP contribution in [0.2, 0.25) is 0 Å². The monoisotopic (exact) mass is 376 g/mol. The van der Waals surface area contributed by atoms with Crippen LogP contribution in [0.5, 0.6) is 0 Å². The van der Waals surface area contributed by atoms with Crippen molar-refractivity contribution in [2.24, 2.45) is 5.92 Å². The molecule has 0 aliphatic carbocycles. The van der Waals surface area contributed by atoms with Crippen LogP contribution in [0.1, 0.15) is 12.0 Å². The second kappa shape index (κ2) is 5.72. The summed E-state index contributed by atoms with van der Waals surface area (Å²) in [5.41, 5.74) is 1.11. The normalized spacial score (nSPS) is 19.1. The summed E-state index contributed by atoms with van der Waals surface area (Å²) in [6.45, 7) is 0.309. The molecule has 0 spiro atoms. The van der Waals surface area contributed by atoms with E-state index in [0.29, 0.717) is 22.3 Å². The molecule has 0 radical (unpaired) electrons. The minimum absolute atomic E-state index is 0.146. The molecule has 1 aliphatic heterocycles. The van der Waals surface area contributed by atoms with Gasteiger partial charge in [-0.1, -0.05) is 0 Å². The van der Waals surface area contributed by atoms with E-state index in [0.717, 1.165) is 0 Å². The Kier molecular flexibility index (Phi) is 4.37. The molecule has 0 bridgehead atoms. The van der Waals surface area contributed by atoms with Crippen molar-refractivity contribution in [3.8, 4) is 6.07 Å². The lowest BCUT2D eigenvalue weighted by Gasteiger charge is -2.17. The van der Waals surface area contributed by atoms with Crippen LogP contribution in [0.25, 0.3) is 0 Å². The van der Waals surface area contributed by atoms with Crippen molar-refractivity contribution in [3.63, 3.8) is 0 Å². The average molecular weight is 378 g/mol. The van der Waals surface area contributed by atoms with Crippen molar-refractivity contribution in [2.45, 2.75) is 6.42 Å². The summed E-state index contributed by atoms with van der Waals surface area (Å²) < 4.78 is 22.7. The Labute approximate surface area is 129 Å². The summed E-state index contributed by atoms with van der Waals surface area (Å²) in [5.74, 6) is -0.667. The highest BCUT2D eigenvalue weighted by atomic mass is 79.9. The largest absolute Gasteiger partial charge is 0.312 e. The van der Waals surface area contributed by atoms with Crippen molar-refractivity contribution < 1.29 is 13.2 Å². The summed E-state index contributed by atoms with van der Waals surface area (Å²) in [5, 5.41) is 8.85. The Hall–Kier alpha value is -1.10. The van der Waals surface area contributed by atoms with Crippen LogP contribution in [0.15, 0.2) is 22.7 Å². The Morgan fingerprint density at radius 3 is 2.75 bits per heavy atom. The lowest BCUT2D eigenvalue weighted by atomic mass is 10.1. The van der Waals surface area contributed by atoms with E-state index >= 15 is 0 Å². The van der Waals surface area contributed by atoms with E-state index in [4.69, 9.17) is 15.9 Å². The summed E-state index contributed by atoms with van der Waals surface area (Å²) in [4.78, 5) is 13.5. The third-order valence-corrected chi connectivity index (χ3v) is 4.93. The molecule has 0 saturated carbocycles. The van der Waals surface area contributed by atoms with Gasteiger partial charge in [0.25, 0.3) is 0 Å². The van der Waals surface area contributed by atoms with Crippen LogP contribution >= 0.6 is 26.6 Å². The SMILES string of the molecule is N#Cc1ccc(N2CC(CS(=O)(=O)Cl)CC2=O)cc1Br. The first-order chi connectivity index (χ1) is 9.30. The standard InChI is InChI=1S/C12H10BrClN2O3S/c13-11-4-10(2-1-9(11)5-15)16-6-8(3-12(16)17)7-20(14,18)19/h1-2,4,8H,3,6-7H2. The maximum atomic E-state index is 11.9. The Morgan fingerprint density at radius 2 is 2.20 bits per heavy atom. The van der Waals surface area contributed by atoms with E-state index in [1.165, 1.54) is 4.90 Å². The van der Waals surface area contributed by atoms with Gasteiger partial charge in [0.05, 0.1) is 11.3 Å². The van der Waals surface area contributed by atoms with Crippen molar-refractivity contribution in [1.82, 2.24) is 0 Å². The van der Waals surface area contributed by atoms with Crippen LogP contribution in [0.3, 0.4) is 0 Å². The van der Waals surface area contributed by atoms with Gasteiger partial charge in [-0.2, -0.15) is 5.26 Å². The zero-order chi connectivity index (χ0) is 14.9. The predicted octanol–water partition coefficient (Wildman–Crippen LogP) is 2.24. The average Bonchev–Trinajstić information content (AvgIpc) is 2.67. The lowest BCUT2D eigenvalue weighted by molar-refractivity contribution is -0.117. The molecule has 1 aliphatic rings. The second-order valence-corrected chi connectivity index (χ2v) is 8.23. The van der Waals surface area contributed by atoms with Crippen LogP contribution in [-0.2, 0) is 13.8 Å². The molecule has 20 heavy (non-hydrogen) atoms. The van der Waals surface area contributed by atoms with Gasteiger partial charge < -0.3 is 4.90 Å². The number of carbonyl (C=O) groups excluding carboxylic acids is 1. The minimum atomic E-state index is -3.61. The number of anilines is 1. The van der Waals surface area contributed by atoms with E-state index in [-0.39, 0.29) is 24.0 Å². The van der Waals surface area contributed by atoms with Gasteiger partial charge in [-0.3, -0.25) is 4.79 Å². The summed E-state index contributed by atoms with van der Waals surface area (Å²) in [7, 11) is 1.60. The van der Waals surface area contributed by atoms with Crippen molar-refractivity contribution >= 4 is 47.3 Å².